The van der Waals surface area contributed by atoms with Crippen LogP contribution in [0.2, 0.25) is 10.0 Å². The molecule has 0 bridgehead atoms. The van der Waals surface area contributed by atoms with Crippen molar-refractivity contribution in [3.63, 3.8) is 0 Å². The molecular formula is C24H23Cl2F3N2O2. The van der Waals surface area contributed by atoms with Gasteiger partial charge in [0.15, 0.2) is 0 Å². The van der Waals surface area contributed by atoms with E-state index in [-0.39, 0.29) is 15.6 Å². The molecule has 0 saturated carbocycles. The van der Waals surface area contributed by atoms with E-state index in [0.717, 1.165) is 37.0 Å². The third kappa shape index (κ3) is 5.36. The molecule has 0 atom stereocenters. The smallest absolute Gasteiger partial charge is 0.359 e. The van der Waals surface area contributed by atoms with Crippen LogP contribution in [0.5, 0.6) is 0 Å². The maximum absolute atomic E-state index is 13.5. The molecule has 0 aliphatic carbocycles. The Hall–Kier alpha value is -2.51. The number of hydrogen-bond acceptors (Lipinski definition) is 2. The van der Waals surface area contributed by atoms with E-state index in [2.05, 4.69) is 5.32 Å². The number of amides is 1. The van der Waals surface area contributed by atoms with Gasteiger partial charge in [-0.3, -0.25) is 14.2 Å². The number of carbonyl (C=O) groups is 2. The summed E-state index contributed by atoms with van der Waals surface area (Å²) in [5, 5.41) is 3.37. The Kier molecular flexibility index (Phi) is 7.75. The summed E-state index contributed by atoms with van der Waals surface area (Å²) in [6.07, 6.45) is 0.805. The molecule has 176 valence electrons. The molecule has 0 fully saturated rings. The predicted molar refractivity (Wildman–Crippen MR) is 124 cm³/mol. The fraction of sp³-hybridized carbons (Fsp3) is 0.333. The number of carbonyl (C=O) groups excluding carboxylic acids is 2. The van der Waals surface area contributed by atoms with Gasteiger partial charge in [0.1, 0.15) is 0 Å². The van der Waals surface area contributed by atoms with Gasteiger partial charge in [-0.2, -0.15) is 13.2 Å². The van der Waals surface area contributed by atoms with Crippen molar-refractivity contribution in [3.05, 3.63) is 68.3 Å². The van der Waals surface area contributed by atoms with Crippen molar-refractivity contribution < 1.29 is 22.8 Å². The molecule has 0 radical (unpaired) electrons. The lowest BCUT2D eigenvalue weighted by atomic mass is 10.0. The van der Waals surface area contributed by atoms with Gasteiger partial charge < -0.3 is 5.32 Å². The lowest BCUT2D eigenvalue weighted by molar-refractivity contribution is -0.137. The number of alkyl halides is 3. The van der Waals surface area contributed by atoms with E-state index in [0.29, 0.717) is 41.4 Å². The summed E-state index contributed by atoms with van der Waals surface area (Å²) >= 11 is 12.9. The first-order valence-electron chi connectivity index (χ1n) is 10.4. The van der Waals surface area contributed by atoms with Crippen molar-refractivity contribution >= 4 is 46.4 Å². The number of aryl methyl sites for hydroxylation is 3. The van der Waals surface area contributed by atoms with Crippen molar-refractivity contribution in [3.8, 4) is 0 Å². The molecule has 0 saturated heterocycles. The number of nitrogens with one attached hydrogen (secondary N) is 1. The molecule has 9 heteroatoms. The maximum Gasteiger partial charge on any atom is 0.416 e. The van der Waals surface area contributed by atoms with Crippen LogP contribution in [-0.4, -0.2) is 23.4 Å². The molecule has 1 heterocycles. The zero-order valence-corrected chi connectivity index (χ0v) is 19.7. The van der Waals surface area contributed by atoms with E-state index in [1.54, 1.807) is 26.0 Å². The minimum atomic E-state index is -4.48. The molecule has 0 aliphatic heterocycles. The monoisotopic (exact) mass is 498 g/mol. The Bertz CT molecular complexity index is 1200. The van der Waals surface area contributed by atoms with Crippen molar-refractivity contribution in [2.45, 2.75) is 45.7 Å². The van der Waals surface area contributed by atoms with Gasteiger partial charge in [-0.05, 0) is 68.0 Å². The summed E-state index contributed by atoms with van der Waals surface area (Å²) in [7, 11) is 0. The predicted octanol–water partition coefficient (Wildman–Crippen LogP) is 6.73. The summed E-state index contributed by atoms with van der Waals surface area (Å²) < 4.78 is 41.1. The number of nitrogens with zero attached hydrogens (tertiary/aromatic N) is 1. The number of benzene rings is 2. The minimum absolute atomic E-state index is 0.120. The normalized spacial score (nSPS) is 11.7. The second-order valence-electron chi connectivity index (χ2n) is 7.95. The SMILES string of the molecule is Cc1cn(C(=O)c2c(Cl)ccc(CCCCCNC=O)c2Cl)c2c(C)cc(C(F)(F)F)cc12. The third-order valence-corrected chi connectivity index (χ3v) is 6.32. The zero-order chi connectivity index (χ0) is 24.3. The molecule has 4 nitrogen and oxygen atoms in total. The number of halogens is 5. The average Bonchev–Trinajstić information content (AvgIpc) is 3.08. The molecule has 1 N–H and O–H groups in total. The maximum atomic E-state index is 13.5. The number of aromatic nitrogens is 1. The third-order valence-electron chi connectivity index (χ3n) is 5.57. The van der Waals surface area contributed by atoms with Gasteiger partial charge in [-0.15, -0.1) is 0 Å². The van der Waals surface area contributed by atoms with Crippen molar-refractivity contribution in [1.29, 1.82) is 0 Å². The first-order valence-corrected chi connectivity index (χ1v) is 11.2. The van der Waals surface area contributed by atoms with E-state index in [1.807, 2.05) is 0 Å². The summed E-state index contributed by atoms with van der Waals surface area (Å²) in [6, 6.07) is 5.47. The lowest BCUT2D eigenvalue weighted by Gasteiger charge is -2.14. The summed E-state index contributed by atoms with van der Waals surface area (Å²) in [4.78, 5) is 23.8. The van der Waals surface area contributed by atoms with Crippen molar-refractivity contribution in [1.82, 2.24) is 9.88 Å². The van der Waals surface area contributed by atoms with Gasteiger partial charge in [0.05, 0.1) is 26.7 Å². The van der Waals surface area contributed by atoms with Crippen molar-refractivity contribution in [2.24, 2.45) is 0 Å². The second-order valence-corrected chi connectivity index (χ2v) is 8.74. The summed E-state index contributed by atoms with van der Waals surface area (Å²) in [5.74, 6) is -0.497. The Morgan fingerprint density at radius 1 is 1.09 bits per heavy atom. The highest BCUT2D eigenvalue weighted by Gasteiger charge is 2.32. The van der Waals surface area contributed by atoms with Crippen LogP contribution in [0.15, 0.2) is 30.5 Å². The van der Waals surface area contributed by atoms with Crippen molar-refractivity contribution in [2.75, 3.05) is 6.54 Å². The van der Waals surface area contributed by atoms with Gasteiger partial charge in [-0.1, -0.05) is 35.7 Å². The van der Waals surface area contributed by atoms with E-state index >= 15 is 0 Å². The largest absolute Gasteiger partial charge is 0.416 e. The van der Waals surface area contributed by atoms with Crippen LogP contribution in [0, 0.1) is 13.8 Å². The first kappa shape index (κ1) is 25.1. The second kappa shape index (κ2) is 10.2. The summed E-state index contributed by atoms with van der Waals surface area (Å²) in [5.41, 5.74) is 1.38. The Morgan fingerprint density at radius 3 is 2.48 bits per heavy atom. The molecule has 0 spiro atoms. The lowest BCUT2D eigenvalue weighted by Crippen LogP contribution is -2.14. The van der Waals surface area contributed by atoms with Crippen LogP contribution < -0.4 is 5.32 Å². The van der Waals surface area contributed by atoms with Crippen LogP contribution in [0.3, 0.4) is 0 Å². The number of hydrogen-bond donors (Lipinski definition) is 1. The summed E-state index contributed by atoms with van der Waals surface area (Å²) in [6.45, 7) is 3.79. The minimum Gasteiger partial charge on any atom is -0.359 e. The van der Waals surface area contributed by atoms with E-state index in [9.17, 15) is 22.8 Å². The van der Waals surface area contributed by atoms with Gasteiger partial charge in [0.2, 0.25) is 6.41 Å². The van der Waals surface area contributed by atoms with Crippen LogP contribution >= 0.6 is 23.2 Å². The molecule has 3 aromatic rings. The molecule has 1 amide bonds. The Balaban J connectivity index is 1.96. The molecule has 3 rings (SSSR count). The van der Waals surface area contributed by atoms with Crippen LogP contribution in [-0.2, 0) is 17.4 Å². The molecule has 0 aliphatic rings. The molecule has 1 aromatic heterocycles. The van der Waals surface area contributed by atoms with Crippen LogP contribution in [0.4, 0.5) is 13.2 Å². The molecular weight excluding hydrogens is 476 g/mol. The van der Waals surface area contributed by atoms with E-state index in [1.165, 1.54) is 10.8 Å². The van der Waals surface area contributed by atoms with Gasteiger partial charge in [-0.25, -0.2) is 0 Å². The topological polar surface area (TPSA) is 51.1 Å². The number of unbranched alkanes of at least 4 members (excludes halogenated alkanes) is 2. The van der Waals surface area contributed by atoms with E-state index < -0.39 is 17.6 Å². The average molecular weight is 499 g/mol. The highest BCUT2D eigenvalue weighted by molar-refractivity contribution is 6.40. The molecule has 2 aromatic carbocycles. The van der Waals surface area contributed by atoms with E-state index in [4.69, 9.17) is 23.2 Å². The van der Waals surface area contributed by atoms with Gasteiger partial charge in [0.25, 0.3) is 5.91 Å². The van der Waals surface area contributed by atoms with Crippen LogP contribution in [0.25, 0.3) is 10.9 Å². The number of fused-ring (bicyclic) bond motifs is 1. The van der Waals surface area contributed by atoms with Gasteiger partial charge >= 0.3 is 6.18 Å². The highest BCUT2D eigenvalue weighted by atomic mass is 35.5. The molecule has 0 unspecified atom stereocenters. The Morgan fingerprint density at radius 2 is 1.82 bits per heavy atom. The highest BCUT2D eigenvalue weighted by Crippen LogP contribution is 2.36. The zero-order valence-electron chi connectivity index (χ0n) is 18.2. The quantitative estimate of drug-likeness (QED) is 0.276. The first-order chi connectivity index (χ1) is 15.6. The number of rotatable bonds is 8. The van der Waals surface area contributed by atoms with Gasteiger partial charge in [0, 0.05) is 18.1 Å². The van der Waals surface area contributed by atoms with Crippen LogP contribution in [0.1, 0.15) is 51.9 Å². The Labute approximate surface area is 199 Å². The fourth-order valence-electron chi connectivity index (χ4n) is 3.93. The fourth-order valence-corrected chi connectivity index (χ4v) is 4.56. The molecule has 33 heavy (non-hydrogen) atoms. The standard InChI is InChI=1S/C24H23Cl2F3N2O2/c1-14-10-17(24(27,28)29)11-18-15(2)12-31(22(14)18)23(33)20-19(25)8-7-16(21(20)26)6-4-3-5-9-30-13-32/h7-8,10-13H,3-6,9H2,1-2H3,(H,30,32).